The number of ether oxygens (including phenoxy) is 2. The van der Waals surface area contributed by atoms with Crippen molar-refractivity contribution in [1.29, 1.82) is 0 Å². The standard InChI is InChI=1S/C26H18Br2N2O6/c1-35-25(33)16-7-9-19(10-8-16)30-24(32)20(23(31)29-26(30)34)12-17-11-18(27)13-21(28)22(17)36-14-15-5-3-2-4-6-15/h2-13H,14H2,1H3,(H,29,31,34)/b20-12+. The van der Waals surface area contributed by atoms with Gasteiger partial charge in [-0.15, -0.1) is 0 Å². The van der Waals surface area contributed by atoms with Crippen molar-refractivity contribution < 1.29 is 28.7 Å². The third-order valence-electron chi connectivity index (χ3n) is 5.21. The van der Waals surface area contributed by atoms with Gasteiger partial charge in [0, 0.05) is 10.0 Å². The minimum Gasteiger partial charge on any atom is -0.487 e. The van der Waals surface area contributed by atoms with Crippen LogP contribution in [0.3, 0.4) is 0 Å². The second-order valence-corrected chi connectivity index (χ2v) is 9.35. The van der Waals surface area contributed by atoms with Crippen LogP contribution in [0, 0.1) is 0 Å². The molecule has 0 radical (unpaired) electrons. The summed E-state index contributed by atoms with van der Waals surface area (Å²) in [6.45, 7) is 0.258. The van der Waals surface area contributed by atoms with Crippen LogP contribution >= 0.6 is 31.9 Å². The molecule has 1 fully saturated rings. The van der Waals surface area contributed by atoms with E-state index in [9.17, 15) is 19.2 Å². The van der Waals surface area contributed by atoms with Crippen LogP contribution in [0.5, 0.6) is 5.75 Å². The molecule has 4 amide bonds. The average molecular weight is 614 g/mol. The molecule has 36 heavy (non-hydrogen) atoms. The molecule has 10 heteroatoms. The lowest BCUT2D eigenvalue weighted by atomic mass is 10.1. The van der Waals surface area contributed by atoms with Gasteiger partial charge in [-0.2, -0.15) is 0 Å². The summed E-state index contributed by atoms with van der Waals surface area (Å²) >= 11 is 6.90. The molecule has 0 aromatic heterocycles. The number of methoxy groups -OCH3 is 1. The quantitative estimate of drug-likeness (QED) is 0.232. The molecular formula is C26H18Br2N2O6. The van der Waals surface area contributed by atoms with Crippen molar-refractivity contribution in [2.45, 2.75) is 6.61 Å². The Morgan fingerprint density at radius 3 is 2.36 bits per heavy atom. The van der Waals surface area contributed by atoms with Gasteiger partial charge in [-0.25, -0.2) is 14.5 Å². The number of rotatable bonds is 6. The Bertz CT molecular complexity index is 1390. The summed E-state index contributed by atoms with van der Waals surface area (Å²) in [5.74, 6) is -1.80. The Hall–Kier alpha value is -3.76. The first kappa shape index (κ1) is 25.3. The molecule has 0 atom stereocenters. The fourth-order valence-electron chi connectivity index (χ4n) is 3.48. The first-order chi connectivity index (χ1) is 17.3. The highest BCUT2D eigenvalue weighted by Gasteiger charge is 2.37. The molecule has 0 spiro atoms. The van der Waals surface area contributed by atoms with E-state index in [0.717, 1.165) is 10.5 Å². The molecule has 4 rings (SSSR count). The molecular weight excluding hydrogens is 596 g/mol. The molecule has 0 bridgehead atoms. The molecule has 1 heterocycles. The molecule has 8 nitrogen and oxygen atoms in total. The van der Waals surface area contributed by atoms with E-state index in [-0.39, 0.29) is 23.4 Å². The Kier molecular flexibility index (Phi) is 7.66. The first-order valence-electron chi connectivity index (χ1n) is 10.5. The molecule has 1 N–H and O–H groups in total. The topological polar surface area (TPSA) is 102 Å². The van der Waals surface area contributed by atoms with Gasteiger partial charge in [-0.1, -0.05) is 46.3 Å². The van der Waals surface area contributed by atoms with Gasteiger partial charge in [0.1, 0.15) is 17.9 Å². The van der Waals surface area contributed by atoms with Gasteiger partial charge in [-0.3, -0.25) is 14.9 Å². The average Bonchev–Trinajstić information content (AvgIpc) is 2.86. The highest BCUT2D eigenvalue weighted by molar-refractivity contribution is 9.11. The number of benzene rings is 3. The second kappa shape index (κ2) is 10.9. The van der Waals surface area contributed by atoms with Crippen molar-refractivity contribution in [1.82, 2.24) is 5.32 Å². The number of amides is 4. The van der Waals surface area contributed by atoms with Crippen LogP contribution in [0.1, 0.15) is 21.5 Å². The number of hydrogen-bond acceptors (Lipinski definition) is 6. The first-order valence-corrected chi connectivity index (χ1v) is 12.1. The van der Waals surface area contributed by atoms with Gasteiger partial charge < -0.3 is 9.47 Å². The van der Waals surface area contributed by atoms with Crippen LogP contribution in [0.25, 0.3) is 6.08 Å². The van der Waals surface area contributed by atoms with E-state index in [2.05, 4.69) is 41.9 Å². The third kappa shape index (κ3) is 5.39. The molecule has 1 aliphatic heterocycles. The number of nitrogens with zero attached hydrogens (tertiary/aromatic N) is 1. The maximum Gasteiger partial charge on any atom is 0.337 e. The fraction of sp³-hybridized carbons (Fsp3) is 0.0769. The van der Waals surface area contributed by atoms with Crippen molar-refractivity contribution in [2.75, 3.05) is 12.0 Å². The van der Waals surface area contributed by atoms with Crippen LogP contribution in [0.4, 0.5) is 10.5 Å². The summed E-state index contributed by atoms with van der Waals surface area (Å²) in [6, 6.07) is 17.8. The van der Waals surface area contributed by atoms with Gasteiger partial charge in [0.2, 0.25) is 0 Å². The van der Waals surface area contributed by atoms with Gasteiger partial charge in [0.15, 0.2) is 0 Å². The van der Waals surface area contributed by atoms with Crippen LogP contribution in [0.15, 0.2) is 81.2 Å². The Morgan fingerprint density at radius 2 is 1.69 bits per heavy atom. The predicted molar refractivity (Wildman–Crippen MR) is 139 cm³/mol. The van der Waals surface area contributed by atoms with Crippen molar-refractivity contribution in [3.8, 4) is 5.75 Å². The van der Waals surface area contributed by atoms with Crippen LogP contribution < -0.4 is 15.0 Å². The molecule has 1 saturated heterocycles. The van der Waals surface area contributed by atoms with Gasteiger partial charge in [-0.05, 0) is 64.0 Å². The van der Waals surface area contributed by atoms with Gasteiger partial charge in [0.05, 0.1) is 22.8 Å². The second-order valence-electron chi connectivity index (χ2n) is 7.58. The summed E-state index contributed by atoms with van der Waals surface area (Å²) in [5.41, 5.74) is 1.54. The third-order valence-corrected chi connectivity index (χ3v) is 6.26. The van der Waals surface area contributed by atoms with Crippen LogP contribution in [0.2, 0.25) is 0 Å². The zero-order valence-electron chi connectivity index (χ0n) is 18.8. The number of urea groups is 1. The summed E-state index contributed by atoms with van der Waals surface area (Å²) in [6.07, 6.45) is 1.37. The highest BCUT2D eigenvalue weighted by atomic mass is 79.9. The highest BCUT2D eigenvalue weighted by Crippen LogP contribution is 2.35. The van der Waals surface area contributed by atoms with Crippen molar-refractivity contribution in [3.05, 3.63) is 97.9 Å². The number of imide groups is 2. The number of halogens is 2. The van der Waals surface area contributed by atoms with E-state index in [1.807, 2.05) is 30.3 Å². The Labute approximate surface area is 223 Å². The minimum absolute atomic E-state index is 0.180. The lowest BCUT2D eigenvalue weighted by Gasteiger charge is -2.26. The maximum atomic E-state index is 13.3. The number of hydrogen-bond donors (Lipinski definition) is 1. The Morgan fingerprint density at radius 1 is 1.00 bits per heavy atom. The molecule has 3 aromatic carbocycles. The van der Waals surface area contributed by atoms with Gasteiger partial charge in [0.25, 0.3) is 11.8 Å². The zero-order valence-corrected chi connectivity index (χ0v) is 22.0. The van der Waals surface area contributed by atoms with Crippen LogP contribution in [-0.2, 0) is 20.9 Å². The van der Waals surface area contributed by atoms with Crippen molar-refractivity contribution in [3.63, 3.8) is 0 Å². The lowest BCUT2D eigenvalue weighted by Crippen LogP contribution is -2.54. The van der Waals surface area contributed by atoms with Crippen LogP contribution in [-0.4, -0.2) is 30.9 Å². The molecule has 1 aliphatic rings. The van der Waals surface area contributed by atoms with E-state index >= 15 is 0 Å². The monoisotopic (exact) mass is 612 g/mol. The van der Waals surface area contributed by atoms with E-state index < -0.39 is 23.8 Å². The summed E-state index contributed by atoms with van der Waals surface area (Å²) in [7, 11) is 1.25. The maximum absolute atomic E-state index is 13.3. The largest absolute Gasteiger partial charge is 0.487 e. The molecule has 0 aliphatic carbocycles. The zero-order chi connectivity index (χ0) is 25.8. The summed E-state index contributed by atoms with van der Waals surface area (Å²) in [5, 5.41) is 2.19. The van der Waals surface area contributed by atoms with Crippen molar-refractivity contribution >= 4 is 67.4 Å². The van der Waals surface area contributed by atoms with Crippen molar-refractivity contribution in [2.24, 2.45) is 0 Å². The SMILES string of the molecule is COC(=O)c1ccc(N2C(=O)NC(=O)/C(=C\c3cc(Br)cc(Br)c3OCc3ccccc3)C2=O)cc1. The number of nitrogens with one attached hydrogen (secondary N) is 1. The number of anilines is 1. The summed E-state index contributed by atoms with van der Waals surface area (Å²) in [4.78, 5) is 51.0. The fourth-order valence-corrected chi connectivity index (χ4v) is 4.85. The summed E-state index contributed by atoms with van der Waals surface area (Å²) < 4.78 is 12.0. The smallest absolute Gasteiger partial charge is 0.337 e. The molecule has 0 saturated carbocycles. The minimum atomic E-state index is -0.899. The van der Waals surface area contributed by atoms with E-state index in [1.54, 1.807) is 12.1 Å². The molecule has 3 aromatic rings. The predicted octanol–water partition coefficient (Wildman–Crippen LogP) is 5.24. The van der Waals surface area contributed by atoms with E-state index in [1.165, 1.54) is 37.5 Å². The van der Waals surface area contributed by atoms with E-state index in [4.69, 9.17) is 4.74 Å². The lowest BCUT2D eigenvalue weighted by molar-refractivity contribution is -0.122. The number of carbonyl (C=O) groups is 4. The Balaban J connectivity index is 1.69. The van der Waals surface area contributed by atoms with Gasteiger partial charge >= 0.3 is 12.0 Å². The van der Waals surface area contributed by atoms with E-state index in [0.29, 0.717) is 20.3 Å². The number of esters is 1. The molecule has 0 unspecified atom stereocenters. The normalized spacial score (nSPS) is 14.6. The number of carbonyl (C=O) groups excluding carboxylic acids is 4. The molecule has 182 valence electrons. The number of barbiturate groups is 1.